The van der Waals surface area contributed by atoms with Gasteiger partial charge in [0, 0.05) is 5.71 Å². The fourth-order valence-corrected chi connectivity index (χ4v) is 1.87. The Morgan fingerprint density at radius 3 is 2.17 bits per heavy atom. The molecule has 1 amide bonds. The first-order valence-electron chi connectivity index (χ1n) is 6.41. The van der Waals surface area contributed by atoms with Crippen molar-refractivity contribution in [3.8, 4) is 0 Å². The molecule has 0 bridgehead atoms. The van der Waals surface area contributed by atoms with Crippen molar-refractivity contribution in [1.29, 1.82) is 0 Å². The third kappa shape index (κ3) is 4.70. The lowest BCUT2D eigenvalue weighted by Gasteiger charge is -2.13. The minimum Gasteiger partial charge on any atom is -0.273 e. The van der Waals surface area contributed by atoms with E-state index in [0.29, 0.717) is 18.3 Å². The highest BCUT2D eigenvalue weighted by molar-refractivity contribution is 5.89. The summed E-state index contributed by atoms with van der Waals surface area (Å²) < 4.78 is 0. The molecule has 0 spiro atoms. The Bertz CT molecular complexity index is 398. The fraction of sp³-hybridized carbons (Fsp3) is 0.467. The second kappa shape index (κ2) is 6.94. The predicted octanol–water partition coefficient (Wildman–Crippen LogP) is 3.01. The normalized spacial score (nSPS) is 10.6. The number of carbonyl (C=O) groups excluding carboxylic acids is 1. The summed E-state index contributed by atoms with van der Waals surface area (Å²) in [6.45, 7) is 8.34. The molecule has 1 N–H and O–H groups in total. The number of hydrazone groups is 1. The highest BCUT2D eigenvalue weighted by atomic mass is 16.2. The van der Waals surface area contributed by atoms with Crippen LogP contribution in [-0.2, 0) is 11.2 Å². The molecular formula is C15H22N2O. The molecule has 98 valence electrons. The summed E-state index contributed by atoms with van der Waals surface area (Å²) in [5.74, 6) is 0.629. The van der Waals surface area contributed by atoms with Gasteiger partial charge < -0.3 is 0 Å². The minimum absolute atomic E-state index is 0.0694. The minimum atomic E-state index is -0.0694. The third-order valence-corrected chi connectivity index (χ3v) is 2.70. The topological polar surface area (TPSA) is 41.5 Å². The van der Waals surface area contributed by atoms with Crippen molar-refractivity contribution >= 4 is 11.6 Å². The Morgan fingerprint density at radius 2 is 1.67 bits per heavy atom. The molecule has 0 radical (unpaired) electrons. The number of rotatable bonds is 5. The van der Waals surface area contributed by atoms with Gasteiger partial charge in [-0.2, -0.15) is 5.10 Å². The summed E-state index contributed by atoms with van der Waals surface area (Å²) in [5.41, 5.74) is 4.67. The van der Waals surface area contributed by atoms with E-state index in [1.54, 1.807) is 0 Å². The molecular weight excluding hydrogens is 224 g/mol. The Kier molecular flexibility index (Phi) is 5.56. The molecule has 0 saturated carbocycles. The monoisotopic (exact) mass is 246 g/mol. The van der Waals surface area contributed by atoms with Gasteiger partial charge in [-0.15, -0.1) is 0 Å². The summed E-state index contributed by atoms with van der Waals surface area (Å²) in [4.78, 5) is 11.7. The maximum Gasteiger partial charge on any atom is 0.244 e. The van der Waals surface area contributed by atoms with E-state index in [4.69, 9.17) is 0 Å². The number of hydrogen-bond acceptors (Lipinski definition) is 2. The van der Waals surface area contributed by atoms with Crippen molar-refractivity contribution in [3.63, 3.8) is 0 Å². The molecule has 0 atom stereocenters. The maximum atomic E-state index is 11.7. The fourth-order valence-electron chi connectivity index (χ4n) is 1.87. The summed E-state index contributed by atoms with van der Waals surface area (Å²) in [7, 11) is 0. The Labute approximate surface area is 109 Å². The van der Waals surface area contributed by atoms with Gasteiger partial charge in [-0.25, -0.2) is 5.43 Å². The van der Waals surface area contributed by atoms with E-state index in [0.717, 1.165) is 11.3 Å². The van der Waals surface area contributed by atoms with Crippen molar-refractivity contribution in [2.45, 2.75) is 34.1 Å². The average Bonchev–Trinajstić information content (AvgIpc) is 2.29. The van der Waals surface area contributed by atoms with Gasteiger partial charge in [0.1, 0.15) is 0 Å². The smallest absolute Gasteiger partial charge is 0.244 e. The van der Waals surface area contributed by atoms with E-state index in [2.05, 4.69) is 38.2 Å². The molecule has 0 unspecified atom stereocenters. The summed E-state index contributed by atoms with van der Waals surface area (Å²) in [5, 5.41) is 4.24. The van der Waals surface area contributed by atoms with E-state index < -0.39 is 0 Å². The van der Waals surface area contributed by atoms with Gasteiger partial charge in [0.15, 0.2) is 0 Å². The number of nitrogens with one attached hydrogen (secondary N) is 1. The highest BCUT2D eigenvalue weighted by Crippen LogP contribution is 2.07. The number of benzene rings is 1. The Hall–Kier alpha value is -1.64. The van der Waals surface area contributed by atoms with Crippen LogP contribution >= 0.6 is 0 Å². The molecule has 1 rings (SSSR count). The molecule has 0 fully saturated rings. The van der Waals surface area contributed by atoms with Crippen LogP contribution in [-0.4, -0.2) is 11.6 Å². The van der Waals surface area contributed by atoms with Gasteiger partial charge in [0.25, 0.3) is 0 Å². The van der Waals surface area contributed by atoms with Crippen molar-refractivity contribution < 1.29 is 4.79 Å². The molecule has 0 heterocycles. The van der Waals surface area contributed by atoms with Crippen molar-refractivity contribution in [1.82, 2.24) is 5.43 Å². The number of carbonyl (C=O) groups is 1. The van der Waals surface area contributed by atoms with Crippen molar-refractivity contribution in [2.75, 3.05) is 0 Å². The van der Waals surface area contributed by atoms with Crippen LogP contribution in [0.2, 0.25) is 0 Å². The first-order valence-corrected chi connectivity index (χ1v) is 6.41. The van der Waals surface area contributed by atoms with Crippen LogP contribution in [0, 0.1) is 11.8 Å². The summed E-state index contributed by atoms with van der Waals surface area (Å²) in [6, 6.07) is 9.68. The highest BCUT2D eigenvalue weighted by Gasteiger charge is 2.10. The quantitative estimate of drug-likeness (QED) is 0.629. The third-order valence-electron chi connectivity index (χ3n) is 2.70. The number of nitrogens with zero attached hydrogens (tertiary/aromatic N) is 1. The molecule has 0 aliphatic rings. The van der Waals surface area contributed by atoms with E-state index in [9.17, 15) is 4.79 Å². The molecule has 0 aliphatic carbocycles. The largest absolute Gasteiger partial charge is 0.273 e. The van der Waals surface area contributed by atoms with E-state index >= 15 is 0 Å². The molecule has 0 aromatic heterocycles. The number of amides is 1. The van der Waals surface area contributed by atoms with Gasteiger partial charge in [-0.1, -0.05) is 58.0 Å². The lowest BCUT2D eigenvalue weighted by atomic mass is 9.98. The zero-order valence-corrected chi connectivity index (χ0v) is 11.6. The van der Waals surface area contributed by atoms with Crippen LogP contribution < -0.4 is 5.43 Å². The van der Waals surface area contributed by atoms with Gasteiger partial charge in [-0.05, 0) is 17.4 Å². The van der Waals surface area contributed by atoms with Crippen LogP contribution in [0.25, 0.3) is 0 Å². The molecule has 3 heteroatoms. The van der Waals surface area contributed by atoms with Crippen LogP contribution in [0.4, 0.5) is 0 Å². The van der Waals surface area contributed by atoms with Crippen LogP contribution in [0.3, 0.4) is 0 Å². The van der Waals surface area contributed by atoms with Gasteiger partial charge in [0.2, 0.25) is 5.91 Å². The standard InChI is InChI=1S/C15H22N2O/c1-11(2)15(12(3)4)17-16-14(18)10-13-8-6-5-7-9-13/h5-9,11-12H,10H2,1-4H3,(H,16,18). The summed E-state index contributed by atoms with van der Waals surface area (Å²) in [6.07, 6.45) is 0.369. The van der Waals surface area contributed by atoms with Crippen LogP contribution in [0.5, 0.6) is 0 Å². The van der Waals surface area contributed by atoms with Crippen molar-refractivity contribution in [2.24, 2.45) is 16.9 Å². The lowest BCUT2D eigenvalue weighted by Crippen LogP contribution is -2.25. The number of hydrogen-bond donors (Lipinski definition) is 1. The summed E-state index contributed by atoms with van der Waals surface area (Å²) >= 11 is 0. The van der Waals surface area contributed by atoms with Crippen molar-refractivity contribution in [3.05, 3.63) is 35.9 Å². The van der Waals surface area contributed by atoms with Gasteiger partial charge in [0.05, 0.1) is 6.42 Å². The second-order valence-electron chi connectivity index (χ2n) is 5.04. The van der Waals surface area contributed by atoms with Gasteiger partial charge >= 0.3 is 0 Å². The predicted molar refractivity (Wildman–Crippen MR) is 75.4 cm³/mol. The SMILES string of the molecule is CC(C)C(=NNC(=O)Cc1ccccc1)C(C)C. The zero-order valence-electron chi connectivity index (χ0n) is 11.6. The first-order chi connectivity index (χ1) is 8.50. The van der Waals surface area contributed by atoms with E-state index in [1.165, 1.54) is 0 Å². The second-order valence-corrected chi connectivity index (χ2v) is 5.04. The molecule has 0 saturated heterocycles. The average molecular weight is 246 g/mol. The molecule has 0 aliphatic heterocycles. The van der Waals surface area contributed by atoms with E-state index in [-0.39, 0.29) is 5.91 Å². The lowest BCUT2D eigenvalue weighted by molar-refractivity contribution is -0.120. The van der Waals surface area contributed by atoms with Crippen LogP contribution in [0.15, 0.2) is 35.4 Å². The molecule has 18 heavy (non-hydrogen) atoms. The molecule has 1 aromatic carbocycles. The zero-order chi connectivity index (χ0) is 13.5. The van der Waals surface area contributed by atoms with E-state index in [1.807, 2.05) is 30.3 Å². The molecule has 1 aromatic rings. The Balaban J connectivity index is 2.57. The van der Waals surface area contributed by atoms with Gasteiger partial charge in [-0.3, -0.25) is 4.79 Å². The van der Waals surface area contributed by atoms with Crippen LogP contribution in [0.1, 0.15) is 33.3 Å². The molecule has 3 nitrogen and oxygen atoms in total. The Morgan fingerprint density at radius 1 is 1.11 bits per heavy atom. The maximum absolute atomic E-state index is 11.7. The first kappa shape index (κ1) is 14.4.